The molecule has 0 N–H and O–H groups in total. The van der Waals surface area contributed by atoms with Gasteiger partial charge in [0.15, 0.2) is 0 Å². The average molecular weight is 225 g/mol. The average Bonchev–Trinajstić information content (AvgIpc) is 2.30. The topological polar surface area (TPSA) is 29.5 Å². The van der Waals surface area contributed by atoms with E-state index in [1.165, 1.54) is 25.7 Å². The number of likely N-dealkylation sites (N-methyl/N-ethyl adjacent to an activating group) is 1. The van der Waals surface area contributed by atoms with Crippen LogP contribution in [-0.4, -0.2) is 43.0 Å². The van der Waals surface area contributed by atoms with Crippen LogP contribution in [0.3, 0.4) is 0 Å². The van der Waals surface area contributed by atoms with E-state index in [9.17, 15) is 4.79 Å². The molecule has 2 rings (SSSR count). The maximum atomic E-state index is 11.4. The van der Waals surface area contributed by atoms with Crippen molar-refractivity contribution < 1.29 is 9.53 Å². The number of hydrogen-bond donors (Lipinski definition) is 0. The quantitative estimate of drug-likeness (QED) is 0.735. The fourth-order valence-corrected chi connectivity index (χ4v) is 2.80. The molecule has 0 radical (unpaired) electrons. The first-order valence-corrected chi connectivity index (χ1v) is 6.59. The largest absolute Gasteiger partial charge is 0.377 e. The lowest BCUT2D eigenvalue weighted by atomic mass is 9.93. The van der Waals surface area contributed by atoms with E-state index in [0.29, 0.717) is 17.9 Å². The van der Waals surface area contributed by atoms with E-state index >= 15 is 0 Å². The lowest BCUT2D eigenvalue weighted by Gasteiger charge is -2.34. The second-order valence-electron chi connectivity index (χ2n) is 5.22. The molecule has 0 aromatic heterocycles. The summed E-state index contributed by atoms with van der Waals surface area (Å²) < 4.78 is 5.74. The van der Waals surface area contributed by atoms with Gasteiger partial charge in [-0.2, -0.15) is 0 Å². The summed E-state index contributed by atoms with van der Waals surface area (Å²) in [6, 6.07) is 0.465. The molecule has 1 saturated carbocycles. The Balaban J connectivity index is 1.77. The van der Waals surface area contributed by atoms with Crippen molar-refractivity contribution in [2.24, 2.45) is 0 Å². The zero-order chi connectivity index (χ0) is 11.4. The van der Waals surface area contributed by atoms with Crippen LogP contribution in [0.4, 0.5) is 0 Å². The minimum atomic E-state index is 0.399. The van der Waals surface area contributed by atoms with E-state index in [4.69, 9.17) is 4.74 Å². The molecule has 0 amide bonds. The van der Waals surface area contributed by atoms with Gasteiger partial charge in [-0.1, -0.05) is 0 Å². The first kappa shape index (κ1) is 12.1. The summed E-state index contributed by atoms with van der Waals surface area (Å²) in [6.07, 6.45) is 7.88. The molecule has 0 spiro atoms. The minimum absolute atomic E-state index is 0.399. The van der Waals surface area contributed by atoms with Crippen LogP contribution in [0.25, 0.3) is 0 Å². The number of rotatable bonds is 3. The summed E-state index contributed by atoms with van der Waals surface area (Å²) in [4.78, 5) is 13.8. The number of carbonyl (C=O) groups excluding carboxylic acids is 1. The lowest BCUT2D eigenvalue weighted by Crippen LogP contribution is -2.42. The van der Waals surface area contributed by atoms with Gasteiger partial charge in [0.2, 0.25) is 0 Å². The maximum Gasteiger partial charge on any atom is 0.134 e. The Morgan fingerprint density at radius 2 is 2.19 bits per heavy atom. The molecule has 16 heavy (non-hydrogen) atoms. The Morgan fingerprint density at radius 3 is 2.88 bits per heavy atom. The molecule has 2 aliphatic rings. The van der Waals surface area contributed by atoms with E-state index in [-0.39, 0.29) is 0 Å². The van der Waals surface area contributed by atoms with Crippen LogP contribution in [0.2, 0.25) is 0 Å². The summed E-state index contributed by atoms with van der Waals surface area (Å²) in [5.74, 6) is 0.438. The zero-order valence-electron chi connectivity index (χ0n) is 10.3. The van der Waals surface area contributed by atoms with Crippen LogP contribution in [0.1, 0.15) is 44.9 Å². The van der Waals surface area contributed by atoms with Gasteiger partial charge in [-0.15, -0.1) is 0 Å². The van der Waals surface area contributed by atoms with Crippen LogP contribution in [0, 0.1) is 0 Å². The standard InChI is InChI=1S/C13H23NO2/c1-14(10-13-7-2-3-8-16-13)11-5-4-6-12(15)9-11/h11,13H,2-10H2,1H3. The van der Waals surface area contributed by atoms with E-state index < -0.39 is 0 Å². The Bertz CT molecular complexity index is 236. The van der Waals surface area contributed by atoms with Crippen molar-refractivity contribution in [1.82, 2.24) is 4.90 Å². The highest BCUT2D eigenvalue weighted by Crippen LogP contribution is 2.21. The molecular weight excluding hydrogens is 202 g/mol. The fourth-order valence-electron chi connectivity index (χ4n) is 2.80. The number of carbonyl (C=O) groups is 1. The Labute approximate surface area is 98.1 Å². The normalized spacial score (nSPS) is 32.0. The maximum absolute atomic E-state index is 11.4. The van der Waals surface area contributed by atoms with Gasteiger partial charge in [-0.3, -0.25) is 4.79 Å². The predicted octanol–water partition coefficient (Wildman–Crippen LogP) is 2.00. The highest BCUT2D eigenvalue weighted by atomic mass is 16.5. The minimum Gasteiger partial charge on any atom is -0.377 e. The van der Waals surface area contributed by atoms with Crippen molar-refractivity contribution in [2.45, 2.75) is 57.1 Å². The molecule has 0 aromatic carbocycles. The number of hydrogen-bond acceptors (Lipinski definition) is 3. The van der Waals surface area contributed by atoms with Crippen LogP contribution >= 0.6 is 0 Å². The third-order valence-corrected chi connectivity index (χ3v) is 3.85. The number of ketones is 1. The van der Waals surface area contributed by atoms with Gasteiger partial charge in [0.25, 0.3) is 0 Å². The Kier molecular flexibility index (Phi) is 4.36. The lowest BCUT2D eigenvalue weighted by molar-refractivity contribution is -0.122. The second kappa shape index (κ2) is 5.78. The molecule has 1 aliphatic heterocycles. The van der Waals surface area contributed by atoms with Crippen molar-refractivity contribution >= 4 is 5.78 Å². The van der Waals surface area contributed by atoms with Crippen LogP contribution in [-0.2, 0) is 9.53 Å². The molecule has 0 aromatic rings. The van der Waals surface area contributed by atoms with Crippen LogP contribution in [0.5, 0.6) is 0 Å². The SMILES string of the molecule is CN(CC1CCCCO1)C1CCCC(=O)C1. The highest BCUT2D eigenvalue weighted by molar-refractivity contribution is 5.79. The van der Waals surface area contributed by atoms with Crippen molar-refractivity contribution in [1.29, 1.82) is 0 Å². The highest BCUT2D eigenvalue weighted by Gasteiger charge is 2.25. The van der Waals surface area contributed by atoms with Gasteiger partial charge in [-0.05, 0) is 39.2 Å². The van der Waals surface area contributed by atoms with Gasteiger partial charge in [-0.25, -0.2) is 0 Å². The third-order valence-electron chi connectivity index (χ3n) is 3.85. The summed E-state index contributed by atoms with van der Waals surface area (Å²) in [7, 11) is 2.14. The molecule has 3 nitrogen and oxygen atoms in total. The zero-order valence-corrected chi connectivity index (χ0v) is 10.3. The molecule has 1 heterocycles. The molecule has 2 fully saturated rings. The number of ether oxygens (including phenoxy) is 1. The van der Waals surface area contributed by atoms with Crippen molar-refractivity contribution in [2.75, 3.05) is 20.2 Å². The van der Waals surface area contributed by atoms with Gasteiger partial charge >= 0.3 is 0 Å². The van der Waals surface area contributed by atoms with Crippen LogP contribution < -0.4 is 0 Å². The first-order valence-electron chi connectivity index (χ1n) is 6.59. The first-order chi connectivity index (χ1) is 7.75. The third kappa shape index (κ3) is 3.29. The summed E-state index contributed by atoms with van der Waals surface area (Å²) in [6.45, 7) is 1.92. The van der Waals surface area contributed by atoms with E-state index in [2.05, 4.69) is 11.9 Å². The molecular formula is C13H23NO2. The van der Waals surface area contributed by atoms with Gasteiger partial charge in [0, 0.05) is 32.0 Å². The molecule has 2 atom stereocenters. The van der Waals surface area contributed by atoms with Crippen molar-refractivity contribution in [3.05, 3.63) is 0 Å². The molecule has 0 bridgehead atoms. The summed E-state index contributed by atoms with van der Waals surface area (Å²) >= 11 is 0. The van der Waals surface area contributed by atoms with Crippen molar-refractivity contribution in [3.63, 3.8) is 0 Å². The number of nitrogens with zero attached hydrogens (tertiary/aromatic N) is 1. The van der Waals surface area contributed by atoms with Gasteiger partial charge in [0.05, 0.1) is 6.10 Å². The summed E-state index contributed by atoms with van der Waals surface area (Å²) in [5.41, 5.74) is 0. The molecule has 2 unspecified atom stereocenters. The Hall–Kier alpha value is -0.410. The fraction of sp³-hybridized carbons (Fsp3) is 0.923. The molecule has 1 aliphatic carbocycles. The molecule has 3 heteroatoms. The van der Waals surface area contributed by atoms with Gasteiger partial charge < -0.3 is 9.64 Å². The van der Waals surface area contributed by atoms with Crippen molar-refractivity contribution in [3.8, 4) is 0 Å². The smallest absolute Gasteiger partial charge is 0.134 e. The summed E-state index contributed by atoms with van der Waals surface area (Å²) in [5, 5.41) is 0. The van der Waals surface area contributed by atoms with E-state index in [0.717, 1.165) is 32.4 Å². The van der Waals surface area contributed by atoms with Gasteiger partial charge in [0.1, 0.15) is 5.78 Å². The molecule has 1 saturated heterocycles. The number of Topliss-reactive ketones (excluding diaryl/α,β-unsaturated/α-hetero) is 1. The second-order valence-corrected chi connectivity index (χ2v) is 5.22. The van der Waals surface area contributed by atoms with Crippen LogP contribution in [0.15, 0.2) is 0 Å². The monoisotopic (exact) mass is 225 g/mol. The molecule has 92 valence electrons. The Morgan fingerprint density at radius 1 is 1.31 bits per heavy atom. The van der Waals surface area contributed by atoms with E-state index in [1.807, 2.05) is 0 Å². The van der Waals surface area contributed by atoms with E-state index in [1.54, 1.807) is 0 Å². The predicted molar refractivity (Wildman–Crippen MR) is 63.5 cm³/mol.